The summed E-state index contributed by atoms with van der Waals surface area (Å²) in [4.78, 5) is 4.89. The highest BCUT2D eigenvalue weighted by Crippen LogP contribution is 2.27. The summed E-state index contributed by atoms with van der Waals surface area (Å²) in [7, 11) is 0. The Morgan fingerprint density at radius 1 is 1.29 bits per heavy atom. The summed E-state index contributed by atoms with van der Waals surface area (Å²) in [6.45, 7) is 2.26. The lowest BCUT2D eigenvalue weighted by molar-refractivity contribution is 0.154. The van der Waals surface area contributed by atoms with Gasteiger partial charge in [0.05, 0.1) is 16.9 Å². The maximum Gasteiger partial charge on any atom is 0.0734 e. The Morgan fingerprint density at radius 3 is 2.86 bits per heavy atom. The molecule has 2 rings (SSSR count). The molecule has 0 saturated carbocycles. The van der Waals surface area contributed by atoms with Crippen molar-refractivity contribution in [3.8, 4) is 0 Å². The van der Waals surface area contributed by atoms with E-state index >= 15 is 0 Å². The SMILES string of the molecule is BrCN1CCN(CBr)C2CC=CC=C21. The molecule has 4 heteroatoms. The minimum Gasteiger partial charge on any atom is -0.362 e. The van der Waals surface area contributed by atoms with Crippen LogP contribution in [0.1, 0.15) is 6.42 Å². The first-order chi connectivity index (χ1) is 6.86. The molecule has 1 saturated heterocycles. The highest BCUT2D eigenvalue weighted by molar-refractivity contribution is 9.09. The Balaban J connectivity index is 2.19. The van der Waals surface area contributed by atoms with Crippen LogP contribution < -0.4 is 0 Å². The van der Waals surface area contributed by atoms with Crippen LogP contribution >= 0.6 is 31.9 Å². The number of rotatable bonds is 2. The molecular weight excluding hydrogens is 308 g/mol. The summed E-state index contributed by atoms with van der Waals surface area (Å²) in [5, 5.41) is 0. The van der Waals surface area contributed by atoms with Gasteiger partial charge in [0.15, 0.2) is 0 Å². The molecule has 0 amide bonds. The Morgan fingerprint density at radius 2 is 2.14 bits per heavy atom. The first-order valence-electron chi connectivity index (χ1n) is 4.84. The van der Waals surface area contributed by atoms with Crippen LogP contribution in [0.4, 0.5) is 0 Å². The molecule has 0 radical (unpaired) electrons. The molecule has 78 valence electrons. The van der Waals surface area contributed by atoms with E-state index in [0.29, 0.717) is 6.04 Å². The molecule has 1 aliphatic carbocycles. The smallest absolute Gasteiger partial charge is 0.0734 e. The lowest BCUT2D eigenvalue weighted by Crippen LogP contribution is -2.50. The van der Waals surface area contributed by atoms with Crippen LogP contribution in [0.15, 0.2) is 23.9 Å². The first kappa shape index (κ1) is 10.7. The van der Waals surface area contributed by atoms with Crippen molar-refractivity contribution in [2.24, 2.45) is 0 Å². The van der Waals surface area contributed by atoms with E-state index in [2.05, 4.69) is 59.9 Å². The number of halogens is 2. The van der Waals surface area contributed by atoms with Gasteiger partial charge in [-0.25, -0.2) is 0 Å². The van der Waals surface area contributed by atoms with Gasteiger partial charge in [0.2, 0.25) is 0 Å². The molecule has 0 bridgehead atoms. The van der Waals surface area contributed by atoms with Crippen LogP contribution in [0.3, 0.4) is 0 Å². The van der Waals surface area contributed by atoms with Gasteiger partial charge in [-0.05, 0) is 12.5 Å². The second-order valence-corrected chi connectivity index (χ2v) is 4.59. The predicted molar refractivity (Wildman–Crippen MR) is 66.6 cm³/mol. The fourth-order valence-electron chi connectivity index (χ4n) is 2.06. The zero-order valence-corrected chi connectivity index (χ0v) is 11.2. The Labute approximate surface area is 102 Å². The summed E-state index contributed by atoms with van der Waals surface area (Å²) in [5.41, 5.74) is 3.37. The standard InChI is InChI=1S/C10H14Br2N2/c11-7-13-5-6-14(8-12)10-4-2-1-3-9(10)13/h1-3,10H,4-8H2. The van der Waals surface area contributed by atoms with Crippen LogP contribution in [0.5, 0.6) is 0 Å². The van der Waals surface area contributed by atoms with Gasteiger partial charge in [0.1, 0.15) is 0 Å². The van der Waals surface area contributed by atoms with Crippen molar-refractivity contribution < 1.29 is 0 Å². The van der Waals surface area contributed by atoms with Gasteiger partial charge in [0, 0.05) is 18.8 Å². The Kier molecular flexibility index (Phi) is 3.68. The average Bonchev–Trinajstić information content (AvgIpc) is 2.27. The van der Waals surface area contributed by atoms with Crippen molar-refractivity contribution >= 4 is 31.9 Å². The van der Waals surface area contributed by atoms with Gasteiger partial charge in [0.25, 0.3) is 0 Å². The topological polar surface area (TPSA) is 6.48 Å². The Hall–Kier alpha value is 0.200. The molecule has 0 aromatic rings. The lowest BCUT2D eigenvalue weighted by atomic mass is 10.0. The van der Waals surface area contributed by atoms with Gasteiger partial charge in [-0.15, -0.1) is 0 Å². The molecule has 1 fully saturated rings. The predicted octanol–water partition coefficient (Wildman–Crippen LogP) is 2.52. The number of hydrogen-bond acceptors (Lipinski definition) is 2. The largest absolute Gasteiger partial charge is 0.362 e. The van der Waals surface area contributed by atoms with E-state index in [1.165, 1.54) is 5.70 Å². The van der Waals surface area contributed by atoms with Crippen LogP contribution in [-0.4, -0.2) is 39.8 Å². The van der Waals surface area contributed by atoms with Crippen molar-refractivity contribution in [1.29, 1.82) is 0 Å². The molecule has 1 heterocycles. The average molecular weight is 322 g/mol. The van der Waals surface area contributed by atoms with Crippen molar-refractivity contribution in [2.75, 3.05) is 24.0 Å². The third kappa shape index (κ3) is 1.92. The maximum absolute atomic E-state index is 3.56. The van der Waals surface area contributed by atoms with Gasteiger partial charge in [-0.1, -0.05) is 44.0 Å². The monoisotopic (exact) mass is 320 g/mol. The molecule has 2 nitrogen and oxygen atoms in total. The maximum atomic E-state index is 3.56. The lowest BCUT2D eigenvalue weighted by Gasteiger charge is -2.43. The molecular formula is C10H14Br2N2. The van der Waals surface area contributed by atoms with E-state index in [4.69, 9.17) is 0 Å². The second kappa shape index (κ2) is 4.81. The summed E-state index contributed by atoms with van der Waals surface area (Å²) >= 11 is 7.10. The summed E-state index contributed by atoms with van der Waals surface area (Å²) < 4.78 is 0. The highest BCUT2D eigenvalue weighted by Gasteiger charge is 2.29. The molecule has 0 aromatic heterocycles. The fraction of sp³-hybridized carbons (Fsp3) is 0.600. The number of allylic oxidation sites excluding steroid dienone is 2. The molecule has 0 spiro atoms. The van der Waals surface area contributed by atoms with E-state index in [1.54, 1.807) is 0 Å². The molecule has 1 atom stereocenters. The molecule has 1 aliphatic heterocycles. The van der Waals surface area contributed by atoms with Crippen LogP contribution in [0.25, 0.3) is 0 Å². The van der Waals surface area contributed by atoms with E-state index in [1.807, 2.05) is 0 Å². The number of nitrogens with zero attached hydrogens (tertiary/aromatic N) is 2. The molecule has 1 unspecified atom stereocenters. The van der Waals surface area contributed by atoms with Crippen molar-refractivity contribution in [3.63, 3.8) is 0 Å². The summed E-state index contributed by atoms with van der Waals surface area (Å²) in [6, 6.07) is 0.575. The number of piperazine rings is 1. The number of hydrogen-bond donors (Lipinski definition) is 0. The zero-order valence-electron chi connectivity index (χ0n) is 8.00. The van der Waals surface area contributed by atoms with E-state index in [9.17, 15) is 0 Å². The van der Waals surface area contributed by atoms with E-state index in [-0.39, 0.29) is 0 Å². The van der Waals surface area contributed by atoms with Gasteiger partial charge in [-0.3, -0.25) is 4.90 Å². The third-order valence-corrected chi connectivity index (χ3v) is 4.11. The van der Waals surface area contributed by atoms with Crippen molar-refractivity contribution in [1.82, 2.24) is 9.80 Å². The molecule has 14 heavy (non-hydrogen) atoms. The second-order valence-electron chi connectivity index (χ2n) is 3.59. The fourth-order valence-corrected chi connectivity index (χ4v) is 3.20. The van der Waals surface area contributed by atoms with Crippen molar-refractivity contribution in [3.05, 3.63) is 23.9 Å². The number of fused-ring (bicyclic) bond motifs is 1. The third-order valence-electron chi connectivity index (χ3n) is 2.86. The quantitative estimate of drug-likeness (QED) is 0.569. The summed E-state index contributed by atoms with van der Waals surface area (Å²) in [6.07, 6.45) is 7.80. The normalized spacial score (nSPS) is 27.4. The minimum absolute atomic E-state index is 0.575. The van der Waals surface area contributed by atoms with Gasteiger partial charge < -0.3 is 4.90 Å². The first-order valence-corrected chi connectivity index (χ1v) is 7.08. The van der Waals surface area contributed by atoms with Gasteiger partial charge >= 0.3 is 0 Å². The summed E-state index contributed by atoms with van der Waals surface area (Å²) in [5.74, 6) is 0. The zero-order chi connectivity index (χ0) is 9.97. The Bertz CT molecular complexity index is 263. The van der Waals surface area contributed by atoms with Crippen LogP contribution in [0, 0.1) is 0 Å². The van der Waals surface area contributed by atoms with Crippen LogP contribution in [-0.2, 0) is 0 Å². The molecule has 0 aromatic carbocycles. The van der Waals surface area contributed by atoms with E-state index < -0.39 is 0 Å². The van der Waals surface area contributed by atoms with Crippen molar-refractivity contribution in [2.45, 2.75) is 12.5 Å². The minimum atomic E-state index is 0.575. The molecule has 0 N–H and O–H groups in total. The van der Waals surface area contributed by atoms with Gasteiger partial charge in [-0.2, -0.15) is 0 Å². The number of alkyl halides is 2. The van der Waals surface area contributed by atoms with E-state index in [0.717, 1.165) is 30.4 Å². The van der Waals surface area contributed by atoms with Crippen LogP contribution in [0.2, 0.25) is 0 Å². The molecule has 2 aliphatic rings. The highest BCUT2D eigenvalue weighted by atomic mass is 79.9.